The monoisotopic (exact) mass is 870 g/mol. The van der Waals surface area contributed by atoms with Crippen LogP contribution in [0.3, 0.4) is 0 Å². The maximum absolute atomic E-state index is 16.0. The van der Waals surface area contributed by atoms with Crippen molar-refractivity contribution in [1.29, 1.82) is 0 Å². The fraction of sp³-hybridized carbons (Fsp3) is 0.688. The number of hydrogen-bond acceptors (Lipinski definition) is 8. The molecule has 2 bridgehead atoms. The first kappa shape index (κ1) is 49.2. The topological polar surface area (TPSA) is 104 Å². The molecule has 2 aromatic rings. The van der Waals surface area contributed by atoms with Crippen LogP contribution in [0, 0.1) is 41.9 Å². The number of rotatable bonds is 16. The van der Waals surface area contributed by atoms with Crippen molar-refractivity contribution in [2.24, 2.45) is 39.4 Å². The van der Waals surface area contributed by atoms with Crippen molar-refractivity contribution in [3.8, 4) is 17.2 Å². The predicted molar refractivity (Wildman–Crippen MR) is 249 cm³/mol. The second kappa shape index (κ2) is 17.7. The molecule has 0 saturated heterocycles. The van der Waals surface area contributed by atoms with E-state index < -0.39 is 38.4 Å². The minimum atomic E-state index is -3.20. The second-order valence-electron chi connectivity index (χ2n) is 21.9. The third-order valence-corrected chi connectivity index (χ3v) is 25.3. The quantitative estimate of drug-likeness (QED) is 0.132. The summed E-state index contributed by atoms with van der Waals surface area (Å²) in [6, 6.07) is 9.28. The molecule has 6 atom stereocenters. The van der Waals surface area contributed by atoms with E-state index in [0.29, 0.717) is 52.2 Å². The van der Waals surface area contributed by atoms with Gasteiger partial charge in [0.2, 0.25) is 0 Å². The highest BCUT2D eigenvalue weighted by molar-refractivity contribution is 7.96. The fourth-order valence-corrected chi connectivity index (χ4v) is 12.3. The standard InChI is InChI=1S/C48H79NO7SSi2/c1-30(2)24-39(50)42-40(53-14)27-41(54-15)43(45(42)56-59(18,19)47(9,10)11)44(51)35-25-33-26-37(48(33,12)13)36(35)29-57(52,34-22-20-32(5)21-23-34)49-38(31(3)4)28-55-58(16,17)46(6,7)8/h20-23,27,29-31,33,35,37-38,44,51H,24-26,28H2,1-19H3/b36-29+/t33-,35-,37-,38-,44-,57?/m0/s1. The number of carbonyl (C=O) groups is 1. The third-order valence-electron chi connectivity index (χ3n) is 14.4. The van der Waals surface area contributed by atoms with Gasteiger partial charge in [-0.1, -0.05) is 106 Å². The van der Waals surface area contributed by atoms with Crippen molar-refractivity contribution < 1.29 is 32.4 Å². The van der Waals surface area contributed by atoms with Crippen LogP contribution in [0.25, 0.3) is 0 Å². The van der Waals surface area contributed by atoms with Gasteiger partial charge in [0.25, 0.3) is 8.32 Å². The van der Waals surface area contributed by atoms with Crippen molar-refractivity contribution in [2.75, 3.05) is 20.8 Å². The SMILES string of the molecule is COc1cc(OC)c([C@@H](O)[C@H]2C[C@H]3C[C@@H](/C2=C/S(=O)(=N[C@@H](CO[Si](C)(C)C(C)(C)C)C(C)C)c2ccc(C)cc2)C3(C)C)c(O[Si](C)(C)C(C)(C)C)c1C(=O)CC(C)C. The number of nitrogens with zero attached hydrogens (tertiary/aromatic N) is 1. The summed E-state index contributed by atoms with van der Waals surface area (Å²) < 4.78 is 47.3. The number of hydrogen-bond donors (Lipinski definition) is 1. The Kier molecular flexibility index (Phi) is 14.8. The molecule has 3 aliphatic carbocycles. The number of aryl methyl sites for hydroxylation is 1. The zero-order valence-corrected chi connectivity index (χ0v) is 42.9. The summed E-state index contributed by atoms with van der Waals surface area (Å²) in [7, 11) is -4.82. The van der Waals surface area contributed by atoms with Crippen LogP contribution >= 0.6 is 0 Å². The summed E-state index contributed by atoms with van der Waals surface area (Å²) in [5.41, 5.74) is 2.73. The Bertz CT molecular complexity index is 1980. The molecule has 0 aromatic heterocycles. The van der Waals surface area contributed by atoms with Gasteiger partial charge in [0.1, 0.15) is 22.8 Å². The third kappa shape index (κ3) is 10.3. The van der Waals surface area contributed by atoms with E-state index in [1.165, 1.54) is 0 Å². The first-order valence-corrected chi connectivity index (χ1v) is 29.2. The molecule has 3 aliphatic rings. The molecule has 332 valence electrons. The number of carbonyl (C=O) groups excluding carboxylic acids is 1. The van der Waals surface area contributed by atoms with Gasteiger partial charge in [0.05, 0.1) is 53.2 Å². The number of ketones is 1. The van der Waals surface area contributed by atoms with Crippen molar-refractivity contribution in [2.45, 2.75) is 163 Å². The first-order chi connectivity index (χ1) is 26.9. The number of aliphatic hydroxyl groups is 1. The number of methoxy groups -OCH3 is 2. The van der Waals surface area contributed by atoms with E-state index in [2.05, 4.69) is 95.4 Å². The summed E-state index contributed by atoms with van der Waals surface area (Å²) in [4.78, 5) is 15.0. The normalized spacial score (nSPS) is 22.4. The molecule has 0 spiro atoms. The van der Waals surface area contributed by atoms with Crippen molar-refractivity contribution in [3.63, 3.8) is 0 Å². The Hall–Kier alpha value is -2.45. The Balaban J connectivity index is 2.06. The van der Waals surface area contributed by atoms with Crippen molar-refractivity contribution in [3.05, 3.63) is 58.0 Å². The van der Waals surface area contributed by atoms with Gasteiger partial charge in [-0.05, 0) is 97.2 Å². The Labute approximate surface area is 361 Å². The molecule has 59 heavy (non-hydrogen) atoms. The minimum Gasteiger partial charge on any atom is -0.543 e. The number of aliphatic hydroxyl groups excluding tert-OH is 1. The molecule has 11 heteroatoms. The number of ether oxygens (including phenoxy) is 2. The van der Waals surface area contributed by atoms with Gasteiger partial charge < -0.3 is 23.4 Å². The Morgan fingerprint density at radius 3 is 1.97 bits per heavy atom. The highest BCUT2D eigenvalue weighted by atomic mass is 32.2. The molecule has 0 heterocycles. The highest BCUT2D eigenvalue weighted by Gasteiger charge is 2.57. The molecule has 2 aromatic carbocycles. The largest absolute Gasteiger partial charge is 0.543 e. The zero-order chi connectivity index (χ0) is 44.8. The molecule has 1 N–H and O–H groups in total. The predicted octanol–water partition coefficient (Wildman–Crippen LogP) is 12.8. The fourth-order valence-electron chi connectivity index (χ4n) is 7.99. The lowest BCUT2D eigenvalue weighted by Crippen LogP contribution is -2.53. The van der Waals surface area contributed by atoms with Gasteiger partial charge >= 0.3 is 0 Å². The van der Waals surface area contributed by atoms with Gasteiger partial charge in [-0.3, -0.25) is 4.79 Å². The van der Waals surface area contributed by atoms with Crippen LogP contribution in [0.2, 0.25) is 36.3 Å². The minimum absolute atomic E-state index is 0.0155. The lowest BCUT2D eigenvalue weighted by Gasteiger charge is -2.61. The van der Waals surface area contributed by atoms with E-state index in [1.54, 1.807) is 20.3 Å². The maximum Gasteiger partial charge on any atom is 0.250 e. The van der Waals surface area contributed by atoms with Gasteiger partial charge in [0.15, 0.2) is 14.1 Å². The molecule has 3 fully saturated rings. The average Bonchev–Trinajstić information content (AvgIpc) is 3.11. The molecule has 0 aliphatic heterocycles. The first-order valence-electron chi connectivity index (χ1n) is 21.8. The summed E-state index contributed by atoms with van der Waals surface area (Å²) >= 11 is 0. The molecular weight excluding hydrogens is 791 g/mol. The van der Waals surface area contributed by atoms with Crippen LogP contribution in [-0.4, -0.2) is 58.6 Å². The van der Waals surface area contributed by atoms with Crippen LogP contribution in [-0.2, 0) is 14.2 Å². The molecule has 5 rings (SSSR count). The molecule has 8 nitrogen and oxygen atoms in total. The number of Topliss-reactive ketones (excluding diaryl/α,β-unsaturated/α-hetero) is 1. The van der Waals surface area contributed by atoms with E-state index >= 15 is 4.21 Å². The number of fused-ring (bicyclic) bond motifs is 2. The molecule has 1 unspecified atom stereocenters. The average molecular weight is 870 g/mol. The maximum atomic E-state index is 16.0. The number of benzene rings is 2. The van der Waals surface area contributed by atoms with Crippen molar-refractivity contribution in [1.82, 2.24) is 0 Å². The van der Waals surface area contributed by atoms with Gasteiger partial charge in [-0.15, -0.1) is 0 Å². The lowest BCUT2D eigenvalue weighted by molar-refractivity contribution is -0.0710. The zero-order valence-electron chi connectivity index (χ0n) is 40.1. The Morgan fingerprint density at radius 2 is 1.49 bits per heavy atom. The van der Waals surface area contributed by atoms with Crippen LogP contribution < -0.4 is 13.9 Å². The summed E-state index contributed by atoms with van der Waals surface area (Å²) in [5.74, 6) is 1.13. The van der Waals surface area contributed by atoms with E-state index in [9.17, 15) is 9.90 Å². The molecule has 0 radical (unpaired) electrons. The van der Waals surface area contributed by atoms with Crippen LogP contribution in [0.15, 0.2) is 50.6 Å². The van der Waals surface area contributed by atoms with E-state index in [0.717, 1.165) is 17.6 Å². The van der Waals surface area contributed by atoms with E-state index in [4.69, 9.17) is 22.7 Å². The van der Waals surface area contributed by atoms with E-state index in [-0.39, 0.29) is 51.5 Å². The molecular formula is C48H79NO7SSi2. The summed E-state index contributed by atoms with van der Waals surface area (Å²) in [6.45, 7) is 37.2. The lowest BCUT2D eigenvalue weighted by atomic mass is 9.44. The highest BCUT2D eigenvalue weighted by Crippen LogP contribution is 2.66. The van der Waals surface area contributed by atoms with Crippen molar-refractivity contribution >= 4 is 32.1 Å². The molecule has 3 saturated carbocycles. The second-order valence-corrected chi connectivity index (χ2v) is 33.5. The van der Waals surface area contributed by atoms with Crippen LogP contribution in [0.1, 0.15) is 130 Å². The molecule has 0 amide bonds. The van der Waals surface area contributed by atoms with Crippen LogP contribution in [0.5, 0.6) is 17.2 Å². The van der Waals surface area contributed by atoms with E-state index in [1.807, 2.05) is 50.4 Å². The summed E-state index contributed by atoms with van der Waals surface area (Å²) in [5, 5.41) is 14.9. The van der Waals surface area contributed by atoms with Gasteiger partial charge in [0, 0.05) is 23.8 Å². The van der Waals surface area contributed by atoms with Gasteiger partial charge in [-0.25, -0.2) is 8.57 Å². The smallest absolute Gasteiger partial charge is 0.250 e. The van der Waals surface area contributed by atoms with Crippen LogP contribution in [0.4, 0.5) is 0 Å². The Morgan fingerprint density at radius 1 is 0.932 bits per heavy atom. The summed E-state index contributed by atoms with van der Waals surface area (Å²) in [6.07, 6.45) is 0.762. The van der Waals surface area contributed by atoms with Gasteiger partial charge in [-0.2, -0.15) is 0 Å².